The van der Waals surface area contributed by atoms with Gasteiger partial charge in [0.2, 0.25) is 0 Å². The summed E-state index contributed by atoms with van der Waals surface area (Å²) in [5.41, 5.74) is 8.91. The van der Waals surface area contributed by atoms with Gasteiger partial charge in [-0.05, 0) is 37.5 Å². The third-order valence-electron chi connectivity index (χ3n) is 2.78. The summed E-state index contributed by atoms with van der Waals surface area (Å²) in [7, 11) is 0. The summed E-state index contributed by atoms with van der Waals surface area (Å²) in [5.74, 6) is 0. The van der Waals surface area contributed by atoms with Crippen molar-refractivity contribution in [3.63, 3.8) is 0 Å². The van der Waals surface area contributed by atoms with Crippen molar-refractivity contribution in [3.05, 3.63) is 23.8 Å². The highest BCUT2D eigenvalue weighted by Gasteiger charge is 1.99. The van der Waals surface area contributed by atoms with Crippen LogP contribution in [0.1, 0.15) is 31.2 Å². The van der Waals surface area contributed by atoms with E-state index < -0.39 is 0 Å². The van der Waals surface area contributed by atoms with Crippen LogP contribution in [0.5, 0.6) is 0 Å². The molecule has 1 rings (SSSR count). The van der Waals surface area contributed by atoms with Gasteiger partial charge in [-0.25, -0.2) is 0 Å². The van der Waals surface area contributed by atoms with Gasteiger partial charge in [-0.1, -0.05) is 18.9 Å². The van der Waals surface area contributed by atoms with Crippen molar-refractivity contribution in [2.24, 2.45) is 0 Å². The predicted molar refractivity (Wildman–Crippen MR) is 69.6 cm³/mol. The molecular weight excluding hydrogens is 200 g/mol. The van der Waals surface area contributed by atoms with Crippen LogP contribution >= 0.6 is 0 Å². The van der Waals surface area contributed by atoms with Gasteiger partial charge < -0.3 is 16.2 Å². The number of unbranched alkanes of at least 4 members (excludes halogenated alkanes) is 3. The molecule has 0 heterocycles. The zero-order valence-electron chi connectivity index (χ0n) is 10.00. The summed E-state index contributed by atoms with van der Waals surface area (Å²) in [5, 5.41) is 12.0. The molecule has 90 valence electrons. The van der Waals surface area contributed by atoms with E-state index in [1.165, 1.54) is 0 Å². The van der Waals surface area contributed by atoms with Crippen LogP contribution in [0.4, 0.5) is 11.4 Å². The average molecular weight is 222 g/mol. The Labute approximate surface area is 97.7 Å². The van der Waals surface area contributed by atoms with Crippen LogP contribution < -0.4 is 11.1 Å². The molecule has 1 aromatic carbocycles. The summed E-state index contributed by atoms with van der Waals surface area (Å²) >= 11 is 0. The lowest BCUT2D eigenvalue weighted by molar-refractivity contribution is 0.283. The Morgan fingerprint density at radius 1 is 1.19 bits per heavy atom. The Hall–Kier alpha value is -1.22. The summed E-state index contributed by atoms with van der Waals surface area (Å²) < 4.78 is 0. The molecule has 0 bridgehead atoms. The van der Waals surface area contributed by atoms with Crippen molar-refractivity contribution in [1.29, 1.82) is 0 Å². The third kappa shape index (κ3) is 4.11. The van der Waals surface area contributed by atoms with Gasteiger partial charge in [0.1, 0.15) is 0 Å². The van der Waals surface area contributed by atoms with Gasteiger partial charge in [-0.2, -0.15) is 0 Å². The van der Waals surface area contributed by atoms with Gasteiger partial charge >= 0.3 is 0 Å². The van der Waals surface area contributed by atoms with E-state index in [0.717, 1.165) is 49.2 Å². The molecule has 3 nitrogen and oxygen atoms in total. The molecule has 0 aliphatic rings. The fraction of sp³-hybridized carbons (Fsp3) is 0.538. The number of hydrogen-bond donors (Lipinski definition) is 3. The molecule has 4 N–H and O–H groups in total. The molecule has 0 saturated heterocycles. The van der Waals surface area contributed by atoms with E-state index in [1.54, 1.807) is 0 Å². The monoisotopic (exact) mass is 222 g/mol. The van der Waals surface area contributed by atoms with Crippen molar-refractivity contribution in [2.45, 2.75) is 32.6 Å². The second-order valence-electron chi connectivity index (χ2n) is 4.08. The lowest BCUT2D eigenvalue weighted by atomic mass is 10.1. The van der Waals surface area contributed by atoms with Gasteiger partial charge in [-0.15, -0.1) is 0 Å². The van der Waals surface area contributed by atoms with Gasteiger partial charge in [0.25, 0.3) is 0 Å². The number of nitrogens with one attached hydrogen (secondary N) is 1. The van der Waals surface area contributed by atoms with Crippen LogP contribution in [0.25, 0.3) is 0 Å². The molecule has 3 heteroatoms. The van der Waals surface area contributed by atoms with Crippen LogP contribution in [0.15, 0.2) is 18.2 Å². The molecule has 1 aromatic rings. The maximum atomic E-state index is 8.64. The molecule has 0 unspecified atom stereocenters. The molecule has 0 radical (unpaired) electrons. The topological polar surface area (TPSA) is 58.3 Å². The maximum absolute atomic E-state index is 8.64. The first-order chi connectivity index (χ1) is 7.75. The first kappa shape index (κ1) is 12.8. The number of aliphatic hydroxyl groups is 1. The first-order valence-corrected chi connectivity index (χ1v) is 5.95. The Balaban J connectivity index is 2.24. The van der Waals surface area contributed by atoms with Gasteiger partial charge in [-0.3, -0.25) is 0 Å². The van der Waals surface area contributed by atoms with Crippen molar-refractivity contribution in [2.75, 3.05) is 24.2 Å². The fourth-order valence-corrected chi connectivity index (χ4v) is 1.66. The van der Waals surface area contributed by atoms with Crippen molar-refractivity contribution < 1.29 is 5.11 Å². The minimum absolute atomic E-state index is 0.307. The zero-order valence-corrected chi connectivity index (χ0v) is 10.00. The molecule has 0 saturated carbocycles. The Bertz CT molecular complexity index is 313. The third-order valence-corrected chi connectivity index (χ3v) is 2.78. The Morgan fingerprint density at radius 3 is 2.69 bits per heavy atom. The quantitative estimate of drug-likeness (QED) is 0.491. The SMILES string of the molecule is Cc1c(N)cccc1NCCCCCCO. The predicted octanol–water partition coefficient (Wildman–Crippen LogP) is 2.54. The smallest absolute Gasteiger partial charge is 0.0431 e. The molecule has 0 aromatic heterocycles. The molecule has 0 aliphatic carbocycles. The number of anilines is 2. The highest BCUT2D eigenvalue weighted by atomic mass is 16.2. The van der Waals surface area contributed by atoms with E-state index in [9.17, 15) is 0 Å². The van der Waals surface area contributed by atoms with Crippen molar-refractivity contribution >= 4 is 11.4 Å². The first-order valence-electron chi connectivity index (χ1n) is 5.95. The second kappa shape index (κ2) is 7.12. The van der Waals surface area contributed by atoms with E-state index in [1.807, 2.05) is 19.1 Å². The van der Waals surface area contributed by atoms with Gasteiger partial charge in [0, 0.05) is 24.5 Å². The molecule has 0 fully saturated rings. The highest BCUT2D eigenvalue weighted by Crippen LogP contribution is 2.20. The molecule has 0 spiro atoms. The van der Waals surface area contributed by atoms with Gasteiger partial charge in [0.15, 0.2) is 0 Å². The number of rotatable bonds is 7. The van der Waals surface area contributed by atoms with Gasteiger partial charge in [0.05, 0.1) is 0 Å². The molecule has 0 atom stereocenters. The lowest BCUT2D eigenvalue weighted by Crippen LogP contribution is -2.04. The summed E-state index contributed by atoms with van der Waals surface area (Å²) in [6.07, 6.45) is 4.31. The number of hydrogen-bond acceptors (Lipinski definition) is 3. The fourth-order valence-electron chi connectivity index (χ4n) is 1.66. The van der Waals surface area contributed by atoms with Crippen molar-refractivity contribution in [3.8, 4) is 0 Å². The van der Waals surface area contributed by atoms with E-state index >= 15 is 0 Å². The van der Waals surface area contributed by atoms with Crippen LogP contribution in [-0.2, 0) is 0 Å². The largest absolute Gasteiger partial charge is 0.398 e. The van der Waals surface area contributed by atoms with Crippen LogP contribution in [-0.4, -0.2) is 18.3 Å². The van der Waals surface area contributed by atoms with Crippen LogP contribution in [0.2, 0.25) is 0 Å². The lowest BCUT2D eigenvalue weighted by Gasteiger charge is -2.10. The zero-order chi connectivity index (χ0) is 11.8. The number of aliphatic hydroxyl groups excluding tert-OH is 1. The Kier molecular flexibility index (Phi) is 5.72. The molecule has 0 aliphatic heterocycles. The standard InChI is InChI=1S/C13H22N2O/c1-11-12(14)7-6-8-13(11)15-9-4-2-3-5-10-16/h6-8,15-16H,2-5,9-10,14H2,1H3. The normalized spacial score (nSPS) is 10.4. The minimum Gasteiger partial charge on any atom is -0.398 e. The second-order valence-corrected chi connectivity index (χ2v) is 4.08. The molecule has 0 amide bonds. The maximum Gasteiger partial charge on any atom is 0.0431 e. The van der Waals surface area contributed by atoms with Crippen LogP contribution in [0, 0.1) is 6.92 Å². The van der Waals surface area contributed by atoms with E-state index in [2.05, 4.69) is 11.4 Å². The molecule has 16 heavy (non-hydrogen) atoms. The number of nitrogens with two attached hydrogens (primary N) is 1. The summed E-state index contributed by atoms with van der Waals surface area (Å²) in [6, 6.07) is 5.94. The average Bonchev–Trinajstić information content (AvgIpc) is 2.29. The van der Waals surface area contributed by atoms with E-state index in [4.69, 9.17) is 10.8 Å². The molecular formula is C13H22N2O. The number of benzene rings is 1. The highest BCUT2D eigenvalue weighted by molar-refractivity contribution is 5.62. The van der Waals surface area contributed by atoms with Crippen LogP contribution in [0.3, 0.4) is 0 Å². The van der Waals surface area contributed by atoms with Crippen molar-refractivity contribution in [1.82, 2.24) is 0 Å². The Morgan fingerprint density at radius 2 is 1.94 bits per heavy atom. The van der Waals surface area contributed by atoms with E-state index in [0.29, 0.717) is 6.61 Å². The van der Waals surface area contributed by atoms with E-state index in [-0.39, 0.29) is 0 Å². The summed E-state index contributed by atoms with van der Waals surface area (Å²) in [4.78, 5) is 0. The number of nitrogen functional groups attached to an aromatic ring is 1. The minimum atomic E-state index is 0.307. The summed E-state index contributed by atoms with van der Waals surface area (Å²) in [6.45, 7) is 3.31.